The van der Waals surface area contributed by atoms with Crippen molar-refractivity contribution in [2.24, 2.45) is 56.7 Å². The highest BCUT2D eigenvalue weighted by molar-refractivity contribution is 7.91. The van der Waals surface area contributed by atoms with Crippen LogP contribution in [0.5, 0.6) is 0 Å². The van der Waals surface area contributed by atoms with Crippen LogP contribution in [0.15, 0.2) is 35.5 Å². The number of rotatable bonds is 9. The highest BCUT2D eigenvalue weighted by Gasteiger charge is 2.70. The number of aliphatic carboxylic acids is 1. The number of nitrogens with one attached hydrogen (secondary N) is 1. The van der Waals surface area contributed by atoms with E-state index in [1.54, 1.807) is 0 Å². The van der Waals surface area contributed by atoms with Gasteiger partial charge < -0.3 is 15.5 Å². The number of carbonyl (C=O) groups is 1. The van der Waals surface area contributed by atoms with Crippen molar-refractivity contribution in [3.63, 3.8) is 0 Å². The number of fused-ring (bicyclic) bond motifs is 7. The van der Waals surface area contributed by atoms with Crippen LogP contribution in [0.25, 0.3) is 0 Å². The third kappa shape index (κ3) is 6.09. The molecule has 0 radical (unpaired) electrons. The number of carboxylic acids is 1. The highest BCUT2D eigenvalue weighted by atomic mass is 32.2. The highest BCUT2D eigenvalue weighted by Crippen LogP contribution is 2.76. The topological polar surface area (TPSA) is 104 Å². The molecule has 0 amide bonds. The Bertz CT molecular complexity index is 1690. The summed E-state index contributed by atoms with van der Waals surface area (Å²) in [5.41, 5.74) is 2.54. The van der Waals surface area contributed by atoms with E-state index in [1.165, 1.54) is 61.5 Å². The summed E-state index contributed by atoms with van der Waals surface area (Å²) in [6.07, 6.45) is 20.8. The minimum Gasteiger partial charge on any atom is -0.481 e. The third-order valence-electron chi connectivity index (χ3n) is 18.8. The molecule has 7 aliphatic carbocycles. The van der Waals surface area contributed by atoms with Crippen molar-refractivity contribution in [2.45, 2.75) is 167 Å². The maximum Gasteiger partial charge on any atom is 0.312 e. The van der Waals surface area contributed by atoms with Gasteiger partial charge >= 0.3 is 5.97 Å². The van der Waals surface area contributed by atoms with Crippen molar-refractivity contribution in [3.05, 3.63) is 35.5 Å². The van der Waals surface area contributed by atoms with E-state index in [2.05, 4.69) is 65.6 Å². The summed E-state index contributed by atoms with van der Waals surface area (Å²) < 4.78 is 38.4. The smallest absolute Gasteiger partial charge is 0.312 e. The lowest BCUT2D eigenvalue weighted by Crippen LogP contribution is -2.68. The maximum atomic E-state index is 14.0. The van der Waals surface area contributed by atoms with Gasteiger partial charge in [-0.1, -0.05) is 58.9 Å². The van der Waals surface area contributed by atoms with E-state index < -0.39 is 33.5 Å². The first-order valence-electron chi connectivity index (χ1n) is 21.6. The zero-order valence-electron chi connectivity index (χ0n) is 34.7. The molecule has 7 rings (SSSR count). The van der Waals surface area contributed by atoms with Gasteiger partial charge in [0.15, 0.2) is 0 Å². The van der Waals surface area contributed by atoms with Gasteiger partial charge in [-0.3, -0.25) is 4.79 Å². The van der Waals surface area contributed by atoms with Crippen LogP contribution in [0.3, 0.4) is 0 Å². The van der Waals surface area contributed by atoms with Crippen LogP contribution in [0.1, 0.15) is 151 Å². The Balaban J connectivity index is 1.12. The van der Waals surface area contributed by atoms with Crippen LogP contribution in [0.4, 0.5) is 4.39 Å². The Hall–Kier alpha value is -1.51. The number of hydrogen-bond acceptors (Lipinski definition) is 5. The molecule has 54 heavy (non-hydrogen) atoms. The van der Waals surface area contributed by atoms with Gasteiger partial charge in [0.25, 0.3) is 0 Å². The van der Waals surface area contributed by atoms with E-state index in [-0.39, 0.29) is 38.9 Å². The molecule has 5 saturated carbocycles. The quantitative estimate of drug-likeness (QED) is 0.202. The molecule has 0 heterocycles. The summed E-state index contributed by atoms with van der Waals surface area (Å²) in [6, 6.07) is 0. The van der Waals surface area contributed by atoms with Crippen molar-refractivity contribution >= 4 is 15.8 Å². The van der Waals surface area contributed by atoms with E-state index in [1.807, 2.05) is 0 Å². The number of aliphatic hydroxyl groups is 1. The van der Waals surface area contributed by atoms with Crippen LogP contribution in [0, 0.1) is 56.7 Å². The fourth-order valence-electron chi connectivity index (χ4n) is 15.5. The summed E-state index contributed by atoms with van der Waals surface area (Å²) in [6.45, 7) is 19.7. The van der Waals surface area contributed by atoms with Crippen LogP contribution < -0.4 is 5.32 Å². The molecule has 304 valence electrons. The standard InChI is InChI=1S/C46H72FNO5S/c1-30(2)33-15-24-46(48-28-27-45(51)22-13-32(14-23-45)54(8,52)53)26-25-42(6)35(38(33)46)9-10-37-41(5)18-16-34(40(3,4)36(41)17-19-43(37,42)7)31-11-20-44(29-47,21-12-31)39(49)50/h11,16,32-33,35-38,48,51H,1,9-10,12-15,17-29H2,2-8H3,(H,49,50)/t32?,33-,35+,36?,37+,38?,41-,42+,43+,44-,45?,46-/m0/s1. The molecular weight excluding hydrogens is 698 g/mol. The lowest BCUT2D eigenvalue weighted by Gasteiger charge is -2.72. The minimum atomic E-state index is -3.07. The average molecular weight is 770 g/mol. The van der Waals surface area contributed by atoms with Gasteiger partial charge in [-0.05, 0) is 185 Å². The summed E-state index contributed by atoms with van der Waals surface area (Å²) in [5.74, 6) is 1.79. The zero-order chi connectivity index (χ0) is 39.3. The van der Waals surface area contributed by atoms with Gasteiger partial charge in [-0.2, -0.15) is 0 Å². The molecule has 0 spiro atoms. The molecule has 8 heteroatoms. The lowest BCUT2D eigenvalue weighted by atomic mass is 9.33. The normalized spacial score (nSPS) is 47.3. The molecule has 2 unspecified atom stereocenters. The summed E-state index contributed by atoms with van der Waals surface area (Å²) >= 11 is 0. The minimum absolute atomic E-state index is 0.0346. The number of carboxylic acid groups (broad SMARTS) is 1. The molecule has 5 fully saturated rings. The Labute approximate surface area is 326 Å². The van der Waals surface area contributed by atoms with Crippen molar-refractivity contribution < 1.29 is 27.8 Å². The van der Waals surface area contributed by atoms with Crippen molar-refractivity contribution in [1.29, 1.82) is 0 Å². The number of halogens is 1. The van der Waals surface area contributed by atoms with Crippen LogP contribution in [-0.2, 0) is 14.6 Å². The van der Waals surface area contributed by atoms with Gasteiger partial charge in [0.1, 0.15) is 16.5 Å². The fraction of sp³-hybridized carbons (Fsp3) is 0.848. The van der Waals surface area contributed by atoms with Gasteiger partial charge in [-0.25, -0.2) is 12.8 Å². The molecule has 0 aromatic carbocycles. The number of hydrogen-bond donors (Lipinski definition) is 3. The predicted molar refractivity (Wildman–Crippen MR) is 215 cm³/mol. The maximum absolute atomic E-state index is 14.0. The molecule has 7 aliphatic rings. The van der Waals surface area contributed by atoms with E-state index in [9.17, 15) is 27.8 Å². The van der Waals surface area contributed by atoms with Crippen LogP contribution >= 0.6 is 0 Å². The summed E-state index contributed by atoms with van der Waals surface area (Å²) in [7, 11) is -3.07. The van der Waals surface area contributed by atoms with Crippen molar-refractivity contribution in [3.8, 4) is 0 Å². The molecule has 3 N–H and O–H groups in total. The lowest BCUT2D eigenvalue weighted by molar-refractivity contribution is -0.221. The number of alkyl halides is 1. The van der Waals surface area contributed by atoms with Gasteiger partial charge in [0.05, 0.1) is 16.3 Å². The monoisotopic (exact) mass is 770 g/mol. The first-order valence-corrected chi connectivity index (χ1v) is 23.6. The Morgan fingerprint density at radius 3 is 2.19 bits per heavy atom. The molecule has 0 bridgehead atoms. The molecule has 10 atom stereocenters. The second-order valence-corrected chi connectivity index (χ2v) is 23.8. The second kappa shape index (κ2) is 13.5. The van der Waals surface area contributed by atoms with Gasteiger partial charge in [-0.15, -0.1) is 0 Å². The van der Waals surface area contributed by atoms with Gasteiger partial charge in [0, 0.05) is 11.8 Å². The first-order chi connectivity index (χ1) is 25.1. The number of allylic oxidation sites excluding steroid dienone is 5. The van der Waals surface area contributed by atoms with E-state index in [0.717, 1.165) is 25.8 Å². The number of sulfone groups is 1. The van der Waals surface area contributed by atoms with Crippen LogP contribution in [-0.4, -0.2) is 60.5 Å². The van der Waals surface area contributed by atoms with Crippen molar-refractivity contribution in [2.75, 3.05) is 19.5 Å². The molecule has 0 saturated heterocycles. The van der Waals surface area contributed by atoms with E-state index >= 15 is 0 Å². The molecule has 0 aromatic heterocycles. The average Bonchev–Trinajstić information content (AvgIpc) is 3.48. The summed E-state index contributed by atoms with van der Waals surface area (Å²) in [4.78, 5) is 12.0. The second-order valence-electron chi connectivity index (χ2n) is 21.5. The molecule has 6 nitrogen and oxygen atoms in total. The molecular formula is C46H72FNO5S. The predicted octanol–water partition coefficient (Wildman–Crippen LogP) is 9.78. The Morgan fingerprint density at radius 1 is 0.889 bits per heavy atom. The fourth-order valence-corrected chi connectivity index (χ4v) is 16.6. The first kappa shape index (κ1) is 40.7. The van der Waals surface area contributed by atoms with E-state index in [0.29, 0.717) is 74.5 Å². The third-order valence-corrected chi connectivity index (χ3v) is 20.5. The summed E-state index contributed by atoms with van der Waals surface area (Å²) in [5, 5.41) is 25.2. The molecule has 0 aromatic rings. The van der Waals surface area contributed by atoms with Gasteiger partial charge in [0.2, 0.25) is 0 Å². The Kier molecular flexibility index (Phi) is 10.2. The zero-order valence-corrected chi connectivity index (χ0v) is 35.5. The van der Waals surface area contributed by atoms with Crippen LogP contribution in [0.2, 0.25) is 0 Å². The SMILES string of the molecule is C=C(C)[C@@H]1CC[C@]2(NCCC3(O)CCC(S(C)(=O)=O)CC3)CC[C@]3(C)[C@H](CC[C@@H]4[C@@]5(C)CC=C(C6=CC[C@](CF)(C(=O)O)CC6)C(C)(C)C5CC[C@]43C)C12. The molecule has 0 aliphatic heterocycles. The largest absolute Gasteiger partial charge is 0.481 e. The van der Waals surface area contributed by atoms with Crippen molar-refractivity contribution in [1.82, 2.24) is 5.32 Å². The Morgan fingerprint density at radius 2 is 1.59 bits per heavy atom. The van der Waals surface area contributed by atoms with E-state index in [4.69, 9.17) is 0 Å².